The van der Waals surface area contributed by atoms with Crippen LogP contribution in [0.2, 0.25) is 0 Å². The lowest BCUT2D eigenvalue weighted by Gasteiger charge is -2.06. The average molecular weight is 283 g/mol. The van der Waals surface area contributed by atoms with Gasteiger partial charge in [0.2, 0.25) is 5.91 Å². The molecule has 1 aromatic carbocycles. The third-order valence-corrected chi connectivity index (χ3v) is 2.41. The molecule has 0 saturated carbocycles. The minimum Gasteiger partial charge on any atom is -0.325 e. The second-order valence-electron chi connectivity index (χ2n) is 3.31. The van der Waals surface area contributed by atoms with Crippen LogP contribution in [-0.2, 0) is 4.79 Å². The minimum atomic E-state index is -0.0397. The molecule has 0 spiro atoms. The molecular formula is C12H15BrN2O. The summed E-state index contributed by atoms with van der Waals surface area (Å²) >= 11 is 3.35. The van der Waals surface area contributed by atoms with Crippen molar-refractivity contribution in [3.05, 3.63) is 41.4 Å². The molecule has 1 rings (SSSR count). The van der Waals surface area contributed by atoms with Gasteiger partial charge >= 0.3 is 0 Å². The quantitative estimate of drug-likeness (QED) is 0.622. The fraction of sp³-hybridized carbons (Fsp3) is 0.250. The molecule has 0 aliphatic rings. The number of halogens is 1. The zero-order valence-electron chi connectivity index (χ0n) is 9.00. The number of hydrogen-bond acceptors (Lipinski definition) is 2. The van der Waals surface area contributed by atoms with Crippen LogP contribution in [0.5, 0.6) is 0 Å². The molecule has 1 amide bonds. The Kier molecular flexibility index (Phi) is 5.82. The van der Waals surface area contributed by atoms with E-state index in [1.54, 1.807) is 0 Å². The van der Waals surface area contributed by atoms with Gasteiger partial charge in [-0.1, -0.05) is 28.1 Å². The van der Waals surface area contributed by atoms with E-state index in [2.05, 4.69) is 33.1 Å². The van der Waals surface area contributed by atoms with Crippen molar-refractivity contribution < 1.29 is 4.79 Å². The Bertz CT molecular complexity index is 366. The lowest BCUT2D eigenvalue weighted by Crippen LogP contribution is -2.28. The van der Waals surface area contributed by atoms with E-state index >= 15 is 0 Å². The van der Waals surface area contributed by atoms with Gasteiger partial charge in [0.15, 0.2) is 0 Å². The van der Waals surface area contributed by atoms with E-state index in [-0.39, 0.29) is 5.91 Å². The molecule has 2 N–H and O–H groups in total. The lowest BCUT2D eigenvalue weighted by atomic mass is 10.3. The Morgan fingerprint density at radius 2 is 2.31 bits per heavy atom. The van der Waals surface area contributed by atoms with Gasteiger partial charge in [-0.25, -0.2) is 0 Å². The molecular weight excluding hydrogens is 268 g/mol. The number of hydrogen-bond donors (Lipinski definition) is 2. The maximum Gasteiger partial charge on any atom is 0.238 e. The summed E-state index contributed by atoms with van der Waals surface area (Å²) in [5, 5.41) is 5.83. The number of carbonyl (C=O) groups is 1. The second kappa shape index (κ2) is 7.19. The normalized spacial score (nSPS) is 9.81. The van der Waals surface area contributed by atoms with Crippen molar-refractivity contribution in [2.45, 2.75) is 6.42 Å². The molecule has 0 aliphatic carbocycles. The van der Waals surface area contributed by atoms with Crippen LogP contribution in [-0.4, -0.2) is 19.0 Å². The van der Waals surface area contributed by atoms with Crippen molar-refractivity contribution >= 4 is 27.5 Å². The maximum absolute atomic E-state index is 11.5. The Hall–Kier alpha value is -1.13. The van der Waals surface area contributed by atoms with Gasteiger partial charge < -0.3 is 10.6 Å². The first-order chi connectivity index (χ1) is 7.72. The van der Waals surface area contributed by atoms with E-state index in [0.717, 1.165) is 23.1 Å². The summed E-state index contributed by atoms with van der Waals surface area (Å²) in [6, 6.07) is 7.51. The first-order valence-electron chi connectivity index (χ1n) is 5.09. The summed E-state index contributed by atoms with van der Waals surface area (Å²) in [6.07, 6.45) is 2.68. The van der Waals surface area contributed by atoms with Crippen LogP contribution in [0.3, 0.4) is 0 Å². The molecule has 0 unspecified atom stereocenters. The van der Waals surface area contributed by atoms with Crippen molar-refractivity contribution in [2.24, 2.45) is 0 Å². The zero-order chi connectivity index (χ0) is 11.8. The van der Waals surface area contributed by atoms with Crippen molar-refractivity contribution in [1.82, 2.24) is 5.32 Å². The Morgan fingerprint density at radius 1 is 1.50 bits per heavy atom. The van der Waals surface area contributed by atoms with Crippen LogP contribution in [0, 0.1) is 0 Å². The first kappa shape index (κ1) is 12.9. The summed E-state index contributed by atoms with van der Waals surface area (Å²) in [7, 11) is 0. The number of nitrogens with one attached hydrogen (secondary N) is 2. The minimum absolute atomic E-state index is 0.0397. The standard InChI is InChI=1S/C12H15BrN2O/c1-2-3-7-14-9-12(16)15-11-6-4-5-10(13)8-11/h2,4-6,8,14H,1,3,7,9H2,(H,15,16). The highest BCUT2D eigenvalue weighted by atomic mass is 79.9. The van der Waals surface area contributed by atoms with Crippen LogP contribution in [0.25, 0.3) is 0 Å². The van der Waals surface area contributed by atoms with Crippen molar-refractivity contribution in [3.8, 4) is 0 Å². The zero-order valence-corrected chi connectivity index (χ0v) is 10.6. The van der Waals surface area contributed by atoms with E-state index in [1.807, 2.05) is 30.3 Å². The SMILES string of the molecule is C=CCCNCC(=O)Nc1cccc(Br)c1. The number of rotatable bonds is 6. The van der Waals surface area contributed by atoms with E-state index in [4.69, 9.17) is 0 Å². The Balaban J connectivity index is 2.31. The molecule has 0 fully saturated rings. The molecule has 0 saturated heterocycles. The van der Waals surface area contributed by atoms with Gasteiger partial charge in [0.05, 0.1) is 6.54 Å². The molecule has 3 nitrogen and oxygen atoms in total. The van der Waals surface area contributed by atoms with Crippen molar-refractivity contribution in [2.75, 3.05) is 18.4 Å². The van der Waals surface area contributed by atoms with Crippen molar-refractivity contribution in [3.63, 3.8) is 0 Å². The summed E-state index contributed by atoms with van der Waals surface area (Å²) < 4.78 is 0.949. The molecule has 16 heavy (non-hydrogen) atoms. The predicted octanol–water partition coefficient (Wildman–Crippen LogP) is 2.55. The third-order valence-electron chi connectivity index (χ3n) is 1.92. The summed E-state index contributed by atoms with van der Waals surface area (Å²) in [5.74, 6) is -0.0397. The monoisotopic (exact) mass is 282 g/mol. The smallest absolute Gasteiger partial charge is 0.238 e. The van der Waals surface area contributed by atoms with Gasteiger partial charge in [0.1, 0.15) is 0 Å². The van der Waals surface area contributed by atoms with Crippen LogP contribution in [0.1, 0.15) is 6.42 Å². The fourth-order valence-electron chi connectivity index (χ4n) is 1.18. The largest absolute Gasteiger partial charge is 0.325 e. The van der Waals surface area contributed by atoms with Crippen LogP contribution >= 0.6 is 15.9 Å². The van der Waals surface area contributed by atoms with Gasteiger partial charge in [0, 0.05) is 10.2 Å². The molecule has 0 bridgehead atoms. The molecule has 0 aromatic heterocycles. The van der Waals surface area contributed by atoms with Gasteiger partial charge in [-0.3, -0.25) is 4.79 Å². The van der Waals surface area contributed by atoms with E-state index < -0.39 is 0 Å². The molecule has 4 heteroatoms. The van der Waals surface area contributed by atoms with Crippen molar-refractivity contribution in [1.29, 1.82) is 0 Å². The van der Waals surface area contributed by atoms with Crippen LogP contribution in [0.15, 0.2) is 41.4 Å². The lowest BCUT2D eigenvalue weighted by molar-refractivity contribution is -0.115. The number of amides is 1. The average Bonchev–Trinajstić information content (AvgIpc) is 2.24. The highest BCUT2D eigenvalue weighted by molar-refractivity contribution is 9.10. The van der Waals surface area contributed by atoms with Gasteiger partial charge in [0.25, 0.3) is 0 Å². The number of anilines is 1. The van der Waals surface area contributed by atoms with E-state index in [0.29, 0.717) is 6.54 Å². The second-order valence-corrected chi connectivity index (χ2v) is 4.23. The summed E-state index contributed by atoms with van der Waals surface area (Å²) in [4.78, 5) is 11.5. The van der Waals surface area contributed by atoms with E-state index in [9.17, 15) is 4.79 Å². The molecule has 0 aliphatic heterocycles. The topological polar surface area (TPSA) is 41.1 Å². The van der Waals surface area contributed by atoms with E-state index in [1.165, 1.54) is 0 Å². The Labute approximate surface area is 104 Å². The van der Waals surface area contributed by atoms with Gasteiger partial charge in [-0.15, -0.1) is 6.58 Å². The third kappa shape index (κ3) is 5.09. The predicted molar refractivity (Wildman–Crippen MR) is 70.5 cm³/mol. The highest BCUT2D eigenvalue weighted by Gasteiger charge is 2.01. The molecule has 0 atom stereocenters. The molecule has 1 aromatic rings. The molecule has 0 radical (unpaired) electrons. The maximum atomic E-state index is 11.5. The van der Waals surface area contributed by atoms with Crippen LogP contribution in [0.4, 0.5) is 5.69 Å². The summed E-state index contributed by atoms with van der Waals surface area (Å²) in [5.41, 5.74) is 0.796. The first-order valence-corrected chi connectivity index (χ1v) is 5.88. The van der Waals surface area contributed by atoms with Gasteiger partial charge in [-0.05, 0) is 31.2 Å². The highest BCUT2D eigenvalue weighted by Crippen LogP contribution is 2.15. The number of benzene rings is 1. The molecule has 0 heterocycles. The number of carbonyl (C=O) groups excluding carboxylic acids is 1. The molecule has 86 valence electrons. The van der Waals surface area contributed by atoms with Gasteiger partial charge in [-0.2, -0.15) is 0 Å². The Morgan fingerprint density at radius 3 is 3.00 bits per heavy atom. The van der Waals surface area contributed by atoms with Crippen LogP contribution < -0.4 is 10.6 Å². The summed E-state index contributed by atoms with van der Waals surface area (Å²) in [6.45, 7) is 4.70. The fourth-order valence-corrected chi connectivity index (χ4v) is 1.58.